The van der Waals surface area contributed by atoms with E-state index >= 15 is 0 Å². The van der Waals surface area contributed by atoms with Gasteiger partial charge in [-0.2, -0.15) is 0 Å². The minimum atomic E-state index is -0.165. The monoisotopic (exact) mass is 253 g/mol. The van der Waals surface area contributed by atoms with Crippen LogP contribution in [0.4, 0.5) is 0 Å². The van der Waals surface area contributed by atoms with E-state index in [0.717, 1.165) is 5.56 Å². The van der Waals surface area contributed by atoms with Gasteiger partial charge in [-0.3, -0.25) is 9.59 Å². The minimum absolute atomic E-state index is 0.0319. The van der Waals surface area contributed by atoms with E-state index in [-0.39, 0.29) is 30.6 Å². The molecule has 0 atom stereocenters. The maximum Gasteiger partial charge on any atom is 0.224 e. The smallest absolute Gasteiger partial charge is 0.224 e. The van der Waals surface area contributed by atoms with Gasteiger partial charge in [-0.15, -0.1) is 0 Å². The van der Waals surface area contributed by atoms with E-state index in [1.807, 2.05) is 19.9 Å². The first-order valence-electron chi connectivity index (χ1n) is 5.53. The van der Waals surface area contributed by atoms with E-state index < -0.39 is 0 Å². The van der Waals surface area contributed by atoms with Crippen molar-refractivity contribution in [2.45, 2.75) is 20.3 Å². The third kappa shape index (κ3) is 5.00. The SMILES string of the molecule is CC(C)C(=O)CNC(=O)Cc1cccc(Cl)c1. The topological polar surface area (TPSA) is 46.2 Å². The van der Waals surface area contributed by atoms with Crippen LogP contribution in [0.2, 0.25) is 5.02 Å². The summed E-state index contributed by atoms with van der Waals surface area (Å²) in [5.74, 6) is -0.188. The van der Waals surface area contributed by atoms with Crippen LogP contribution in [0.5, 0.6) is 0 Å². The van der Waals surface area contributed by atoms with Crippen molar-refractivity contribution in [2.24, 2.45) is 5.92 Å². The quantitative estimate of drug-likeness (QED) is 0.875. The van der Waals surface area contributed by atoms with Gasteiger partial charge in [0.25, 0.3) is 0 Å². The Morgan fingerprint density at radius 2 is 2.06 bits per heavy atom. The highest BCUT2D eigenvalue weighted by Crippen LogP contribution is 2.10. The Morgan fingerprint density at radius 1 is 1.35 bits per heavy atom. The number of hydrogen-bond donors (Lipinski definition) is 1. The number of carbonyl (C=O) groups excluding carboxylic acids is 2. The molecule has 17 heavy (non-hydrogen) atoms. The lowest BCUT2D eigenvalue weighted by Crippen LogP contribution is -2.32. The van der Waals surface area contributed by atoms with E-state index in [4.69, 9.17) is 11.6 Å². The maximum absolute atomic E-state index is 11.5. The van der Waals surface area contributed by atoms with Crippen LogP contribution in [0.1, 0.15) is 19.4 Å². The third-order valence-corrected chi connectivity index (χ3v) is 2.59. The zero-order chi connectivity index (χ0) is 12.8. The van der Waals surface area contributed by atoms with Crippen molar-refractivity contribution in [3.05, 3.63) is 34.9 Å². The summed E-state index contributed by atoms with van der Waals surface area (Å²) < 4.78 is 0. The number of hydrogen-bond acceptors (Lipinski definition) is 2. The summed E-state index contributed by atoms with van der Waals surface area (Å²) >= 11 is 5.81. The Bertz CT molecular complexity index is 416. The summed E-state index contributed by atoms with van der Waals surface area (Å²) in [5.41, 5.74) is 0.840. The van der Waals surface area contributed by atoms with Crippen molar-refractivity contribution in [3.63, 3.8) is 0 Å². The van der Waals surface area contributed by atoms with Gasteiger partial charge in [0.15, 0.2) is 5.78 Å². The van der Waals surface area contributed by atoms with Crippen molar-refractivity contribution in [1.29, 1.82) is 0 Å². The summed E-state index contributed by atoms with van der Waals surface area (Å²) in [7, 11) is 0. The molecule has 4 heteroatoms. The van der Waals surface area contributed by atoms with Crippen LogP contribution >= 0.6 is 11.6 Å². The predicted octanol–water partition coefficient (Wildman–Crippen LogP) is 2.22. The number of ketones is 1. The Kier molecular flexibility index (Phi) is 5.16. The fourth-order valence-corrected chi connectivity index (χ4v) is 1.50. The first kappa shape index (κ1) is 13.7. The number of amides is 1. The van der Waals surface area contributed by atoms with Gasteiger partial charge in [0.2, 0.25) is 5.91 Å². The zero-order valence-electron chi connectivity index (χ0n) is 10.00. The highest BCUT2D eigenvalue weighted by atomic mass is 35.5. The minimum Gasteiger partial charge on any atom is -0.349 e. The van der Waals surface area contributed by atoms with Crippen molar-refractivity contribution < 1.29 is 9.59 Å². The standard InChI is InChI=1S/C13H16ClNO2/c1-9(2)12(16)8-15-13(17)7-10-4-3-5-11(14)6-10/h3-6,9H,7-8H2,1-2H3,(H,15,17). The number of carbonyl (C=O) groups is 2. The van der Waals surface area contributed by atoms with Crippen molar-refractivity contribution in [3.8, 4) is 0 Å². The van der Waals surface area contributed by atoms with E-state index in [2.05, 4.69) is 5.32 Å². The van der Waals surface area contributed by atoms with E-state index in [9.17, 15) is 9.59 Å². The van der Waals surface area contributed by atoms with Crippen LogP contribution in [0.25, 0.3) is 0 Å². The highest BCUT2D eigenvalue weighted by Gasteiger charge is 2.09. The Hall–Kier alpha value is -1.35. The molecule has 1 rings (SSSR count). The second-order valence-electron chi connectivity index (χ2n) is 4.20. The third-order valence-electron chi connectivity index (χ3n) is 2.36. The maximum atomic E-state index is 11.5. The molecule has 0 saturated carbocycles. The van der Waals surface area contributed by atoms with Crippen LogP contribution in [-0.2, 0) is 16.0 Å². The molecule has 0 spiro atoms. The van der Waals surface area contributed by atoms with Crippen molar-refractivity contribution >= 4 is 23.3 Å². The molecule has 1 N–H and O–H groups in total. The molecule has 0 aliphatic rings. The Labute approximate surface area is 106 Å². The lowest BCUT2D eigenvalue weighted by molar-refractivity contribution is -0.126. The second kappa shape index (κ2) is 6.40. The Morgan fingerprint density at radius 3 is 2.65 bits per heavy atom. The van der Waals surface area contributed by atoms with Gasteiger partial charge in [0, 0.05) is 10.9 Å². The number of rotatable bonds is 5. The molecule has 92 valence electrons. The number of nitrogens with one attached hydrogen (secondary N) is 1. The molecule has 1 amide bonds. The molecular weight excluding hydrogens is 238 g/mol. The molecular formula is C13H16ClNO2. The van der Waals surface area contributed by atoms with Gasteiger partial charge in [-0.05, 0) is 17.7 Å². The molecule has 0 fully saturated rings. The zero-order valence-corrected chi connectivity index (χ0v) is 10.8. The van der Waals surface area contributed by atoms with Crippen LogP contribution < -0.4 is 5.32 Å². The molecule has 0 unspecified atom stereocenters. The van der Waals surface area contributed by atoms with Gasteiger partial charge in [-0.1, -0.05) is 37.6 Å². The molecule has 0 saturated heterocycles. The van der Waals surface area contributed by atoms with Crippen LogP contribution in [0, 0.1) is 5.92 Å². The average molecular weight is 254 g/mol. The Balaban J connectivity index is 2.43. The predicted molar refractivity (Wildman–Crippen MR) is 68.0 cm³/mol. The number of halogens is 1. The summed E-state index contributed by atoms with van der Waals surface area (Å²) in [5, 5.41) is 3.21. The van der Waals surface area contributed by atoms with Crippen molar-refractivity contribution in [2.75, 3.05) is 6.54 Å². The first-order valence-corrected chi connectivity index (χ1v) is 5.90. The molecule has 0 radical (unpaired) electrons. The van der Waals surface area contributed by atoms with Crippen LogP contribution in [0.15, 0.2) is 24.3 Å². The largest absolute Gasteiger partial charge is 0.349 e. The summed E-state index contributed by atoms with van der Waals surface area (Å²) in [6.07, 6.45) is 0.242. The van der Waals surface area contributed by atoms with Gasteiger partial charge < -0.3 is 5.32 Å². The van der Waals surface area contributed by atoms with Crippen LogP contribution in [0.3, 0.4) is 0 Å². The van der Waals surface area contributed by atoms with E-state index in [0.29, 0.717) is 5.02 Å². The molecule has 0 bridgehead atoms. The molecule has 0 aliphatic carbocycles. The molecule has 0 heterocycles. The number of Topliss-reactive ketones (excluding diaryl/α,β-unsaturated/α-hetero) is 1. The fraction of sp³-hybridized carbons (Fsp3) is 0.385. The summed E-state index contributed by atoms with van der Waals surface area (Å²) in [6, 6.07) is 7.12. The van der Waals surface area contributed by atoms with Crippen LogP contribution in [-0.4, -0.2) is 18.2 Å². The average Bonchev–Trinajstić information content (AvgIpc) is 2.25. The molecule has 0 aliphatic heterocycles. The number of benzene rings is 1. The fourth-order valence-electron chi connectivity index (χ4n) is 1.28. The van der Waals surface area contributed by atoms with E-state index in [1.54, 1.807) is 18.2 Å². The van der Waals surface area contributed by atoms with Gasteiger partial charge in [-0.25, -0.2) is 0 Å². The normalized spacial score (nSPS) is 10.4. The lowest BCUT2D eigenvalue weighted by Gasteiger charge is -2.06. The molecule has 0 aromatic heterocycles. The van der Waals surface area contributed by atoms with Gasteiger partial charge in [0.1, 0.15) is 0 Å². The van der Waals surface area contributed by atoms with E-state index in [1.165, 1.54) is 0 Å². The molecule has 1 aromatic rings. The highest BCUT2D eigenvalue weighted by molar-refractivity contribution is 6.30. The summed E-state index contributed by atoms with van der Waals surface area (Å²) in [4.78, 5) is 22.9. The second-order valence-corrected chi connectivity index (χ2v) is 4.64. The lowest BCUT2D eigenvalue weighted by atomic mass is 10.1. The molecule has 3 nitrogen and oxygen atoms in total. The summed E-state index contributed by atoms with van der Waals surface area (Å²) in [6.45, 7) is 3.72. The van der Waals surface area contributed by atoms with Crippen molar-refractivity contribution in [1.82, 2.24) is 5.32 Å². The first-order chi connectivity index (χ1) is 7.99. The van der Waals surface area contributed by atoms with Gasteiger partial charge in [0.05, 0.1) is 13.0 Å². The molecule has 1 aromatic carbocycles. The van der Waals surface area contributed by atoms with Gasteiger partial charge >= 0.3 is 0 Å².